The number of aliphatic hydroxyl groups excluding tert-OH is 12. The minimum absolute atomic E-state index is 0. The normalized spacial score (nSPS) is 9.60. The van der Waals surface area contributed by atoms with Crippen molar-refractivity contribution in [3.05, 3.63) is 0 Å². The van der Waals surface area contributed by atoms with Gasteiger partial charge in [0.2, 0.25) is 0 Å². The Labute approximate surface area is 200 Å². The van der Waals surface area contributed by atoms with Gasteiger partial charge in [-0.1, -0.05) is 0 Å². The standard InChI is InChI=1S/4C3H9O3P.ClH.Rh/c4*4-1-7(2-5)3-6;;/h4*4-6H,1-3H2;1H;/p-1. The summed E-state index contributed by atoms with van der Waals surface area (Å²) in [5, 5.41) is 98.8. The molecule has 0 aliphatic heterocycles. The van der Waals surface area contributed by atoms with Crippen molar-refractivity contribution < 1.29 is 93.2 Å². The molecule has 0 aliphatic rings. The van der Waals surface area contributed by atoms with Crippen LogP contribution in [0, 0.1) is 0 Å². The molecule has 0 bridgehead atoms. The Bertz CT molecular complexity index is 187. The molecule has 0 aromatic heterocycles. The molecule has 0 spiro atoms. The number of aliphatic hydroxyl groups is 12. The van der Waals surface area contributed by atoms with Gasteiger partial charge in [-0.3, -0.25) is 0 Å². The first-order valence-corrected chi connectivity index (χ1v) is 15.2. The number of hydrogen-bond donors (Lipinski definition) is 12. The van der Waals surface area contributed by atoms with Gasteiger partial charge in [-0.2, -0.15) is 0 Å². The zero-order valence-electron chi connectivity index (χ0n) is 16.4. The van der Waals surface area contributed by atoms with E-state index in [4.69, 9.17) is 61.3 Å². The third-order valence-electron chi connectivity index (χ3n) is 2.40. The van der Waals surface area contributed by atoms with Crippen LogP contribution < -0.4 is 12.4 Å². The quantitative estimate of drug-likeness (QED) is 0.0710. The molecule has 0 rings (SSSR count). The summed E-state index contributed by atoms with van der Waals surface area (Å²) in [5.41, 5.74) is 0. The van der Waals surface area contributed by atoms with E-state index in [0.29, 0.717) is 0 Å². The molecule has 0 saturated carbocycles. The first-order chi connectivity index (χ1) is 13.4. The van der Waals surface area contributed by atoms with Gasteiger partial charge in [-0.05, 0) is 31.7 Å². The topological polar surface area (TPSA) is 243 Å². The molecule has 0 unspecified atom stereocenters. The van der Waals surface area contributed by atoms with Crippen molar-refractivity contribution in [3.63, 3.8) is 0 Å². The van der Waals surface area contributed by atoms with Crippen LogP contribution in [0.4, 0.5) is 0 Å². The molecule has 18 heteroatoms. The number of hydrogen-bond acceptors (Lipinski definition) is 12. The maximum atomic E-state index is 8.23. The van der Waals surface area contributed by atoms with Crippen molar-refractivity contribution in [2.45, 2.75) is 0 Å². The molecule has 0 amide bonds. The van der Waals surface area contributed by atoms with Crippen LogP contribution >= 0.6 is 31.7 Å². The van der Waals surface area contributed by atoms with Gasteiger partial charge in [0.25, 0.3) is 0 Å². The van der Waals surface area contributed by atoms with Gasteiger partial charge in [0.05, 0.1) is 76.2 Å². The minimum atomic E-state index is -0.887. The van der Waals surface area contributed by atoms with Crippen LogP contribution in [0.15, 0.2) is 0 Å². The van der Waals surface area contributed by atoms with Gasteiger partial charge in [0, 0.05) is 19.5 Å². The van der Waals surface area contributed by atoms with Crippen molar-refractivity contribution in [2.75, 3.05) is 76.2 Å². The monoisotopic (exact) mass is 634 g/mol. The van der Waals surface area contributed by atoms with Gasteiger partial charge in [-0.15, -0.1) is 0 Å². The Morgan fingerprint density at radius 3 is 0.333 bits per heavy atom. The zero-order chi connectivity index (χ0) is 22.8. The maximum absolute atomic E-state index is 8.23. The molecule has 0 heterocycles. The number of halogens is 1. The molecular formula is C12H36ClO12P4Rh-. The molecular weight excluding hydrogens is 598 g/mol. The molecule has 30 heavy (non-hydrogen) atoms. The van der Waals surface area contributed by atoms with Gasteiger partial charge in [-0.25, -0.2) is 0 Å². The predicted octanol–water partition coefficient (Wildman–Crippen LogP) is -5.73. The molecule has 0 fully saturated rings. The molecule has 0 atom stereocenters. The molecule has 0 aromatic rings. The molecule has 0 aromatic carbocycles. The number of rotatable bonds is 12. The summed E-state index contributed by atoms with van der Waals surface area (Å²) in [5.74, 6) is 0. The van der Waals surface area contributed by atoms with Crippen LogP contribution in [-0.2, 0) is 19.5 Å². The molecule has 1 radical (unpaired) electrons. The van der Waals surface area contributed by atoms with E-state index < -0.39 is 31.7 Å². The van der Waals surface area contributed by atoms with E-state index in [9.17, 15) is 0 Å². The van der Waals surface area contributed by atoms with Gasteiger partial charge >= 0.3 is 0 Å². The fourth-order valence-corrected chi connectivity index (χ4v) is 1.61. The Morgan fingerprint density at radius 2 is 0.333 bits per heavy atom. The van der Waals surface area contributed by atoms with Crippen LogP contribution in [0.2, 0.25) is 0 Å². The molecule has 12 N–H and O–H groups in total. The van der Waals surface area contributed by atoms with Gasteiger partial charge in [0.15, 0.2) is 0 Å². The van der Waals surface area contributed by atoms with E-state index in [1.807, 2.05) is 0 Å². The van der Waals surface area contributed by atoms with E-state index in [-0.39, 0.29) is 108 Å². The van der Waals surface area contributed by atoms with Crippen LogP contribution in [0.1, 0.15) is 0 Å². The van der Waals surface area contributed by atoms with Crippen molar-refractivity contribution >= 4 is 31.7 Å². The summed E-state index contributed by atoms with van der Waals surface area (Å²) in [6.45, 7) is 0. The SMILES string of the molecule is OCP(CO)CO.OCP(CO)CO.OCP(CO)CO.OCP(CO)CO.[Cl-].[Rh]. The molecule has 193 valence electrons. The second-order valence-electron chi connectivity index (χ2n) is 4.38. The molecule has 0 saturated heterocycles. The van der Waals surface area contributed by atoms with E-state index >= 15 is 0 Å². The zero-order valence-corrected chi connectivity index (χ0v) is 22.3. The van der Waals surface area contributed by atoms with Crippen molar-refractivity contribution in [2.24, 2.45) is 0 Å². The average molecular weight is 635 g/mol. The Kier molecular flexibility index (Phi) is 63.0. The van der Waals surface area contributed by atoms with Crippen LogP contribution in [0.5, 0.6) is 0 Å². The fourth-order valence-electron chi connectivity index (χ4n) is 0.537. The van der Waals surface area contributed by atoms with Crippen LogP contribution in [0.25, 0.3) is 0 Å². The van der Waals surface area contributed by atoms with Crippen molar-refractivity contribution in [3.8, 4) is 0 Å². The average Bonchev–Trinajstić information content (AvgIpc) is 2.75. The Morgan fingerprint density at radius 1 is 0.267 bits per heavy atom. The fraction of sp³-hybridized carbons (Fsp3) is 1.00. The maximum Gasteiger partial charge on any atom is 0.0668 e. The van der Waals surface area contributed by atoms with Crippen LogP contribution in [-0.4, -0.2) is 137 Å². The smallest absolute Gasteiger partial charge is 0.0668 e. The first kappa shape index (κ1) is 45.6. The summed E-state index contributed by atoms with van der Waals surface area (Å²) < 4.78 is 0. The Hall–Kier alpha value is 2.15. The summed E-state index contributed by atoms with van der Waals surface area (Å²) in [4.78, 5) is 0. The van der Waals surface area contributed by atoms with Crippen molar-refractivity contribution in [1.82, 2.24) is 0 Å². The second kappa shape index (κ2) is 41.4. The summed E-state index contributed by atoms with van der Waals surface area (Å²) in [6.07, 6.45) is -0.972. The second-order valence-corrected chi connectivity index (χ2v) is 13.1. The van der Waals surface area contributed by atoms with E-state index in [0.717, 1.165) is 0 Å². The Balaban J connectivity index is -0.0000000626. The van der Waals surface area contributed by atoms with E-state index in [1.165, 1.54) is 0 Å². The largest absolute Gasteiger partial charge is 1.00 e. The third-order valence-corrected chi connectivity index (χ3v) is 7.20. The molecule has 12 nitrogen and oxygen atoms in total. The van der Waals surface area contributed by atoms with Gasteiger partial charge in [0.1, 0.15) is 0 Å². The minimum Gasteiger partial charge on any atom is -1.00 e. The van der Waals surface area contributed by atoms with Gasteiger partial charge < -0.3 is 73.7 Å². The third kappa shape index (κ3) is 37.5. The first-order valence-electron chi connectivity index (χ1n) is 7.59. The summed E-state index contributed by atoms with van der Waals surface area (Å²) in [6, 6.07) is 0. The predicted molar refractivity (Wildman–Crippen MR) is 113 cm³/mol. The van der Waals surface area contributed by atoms with E-state index in [1.54, 1.807) is 0 Å². The van der Waals surface area contributed by atoms with Crippen molar-refractivity contribution in [1.29, 1.82) is 0 Å². The summed E-state index contributed by atoms with van der Waals surface area (Å²) in [7, 11) is -3.55. The van der Waals surface area contributed by atoms with Crippen LogP contribution in [0.3, 0.4) is 0 Å². The summed E-state index contributed by atoms with van der Waals surface area (Å²) >= 11 is 0. The van der Waals surface area contributed by atoms with E-state index in [2.05, 4.69) is 0 Å². The molecule has 0 aliphatic carbocycles.